The van der Waals surface area contributed by atoms with Gasteiger partial charge in [0.2, 0.25) is 5.95 Å². The van der Waals surface area contributed by atoms with Crippen molar-refractivity contribution in [3.05, 3.63) is 11.6 Å². The number of nitrogens with two attached hydrogens (primary N) is 1. The Hall–Kier alpha value is -0.880. The van der Waals surface area contributed by atoms with Crippen LogP contribution in [0.1, 0.15) is 55.7 Å². The van der Waals surface area contributed by atoms with Crippen LogP contribution in [0.5, 0.6) is 0 Å². The number of hydrogen-bond acceptors (Lipinski definition) is 6. The highest BCUT2D eigenvalue weighted by Crippen LogP contribution is 2.32. The van der Waals surface area contributed by atoms with Crippen molar-refractivity contribution in [2.45, 2.75) is 44.1 Å². The van der Waals surface area contributed by atoms with E-state index in [9.17, 15) is 0 Å². The monoisotopic (exact) mass is 293 g/mol. The van der Waals surface area contributed by atoms with E-state index in [1.54, 1.807) is 0 Å². The SMILES string of the molecule is CN1CCSCC1c1nc(N)nc(C2CCCCC2)n1. The summed E-state index contributed by atoms with van der Waals surface area (Å²) < 4.78 is 0. The second-order valence-corrected chi connectivity index (χ2v) is 6.97. The molecule has 0 aromatic carbocycles. The summed E-state index contributed by atoms with van der Waals surface area (Å²) in [6.45, 7) is 1.08. The van der Waals surface area contributed by atoms with Crippen LogP contribution in [-0.2, 0) is 0 Å². The van der Waals surface area contributed by atoms with E-state index in [2.05, 4.69) is 21.9 Å². The molecule has 1 aromatic rings. The van der Waals surface area contributed by atoms with Gasteiger partial charge in [-0.15, -0.1) is 0 Å². The Balaban J connectivity index is 1.85. The Morgan fingerprint density at radius 1 is 1.10 bits per heavy atom. The molecule has 5 nitrogen and oxygen atoms in total. The molecule has 1 saturated carbocycles. The second-order valence-electron chi connectivity index (χ2n) is 5.82. The van der Waals surface area contributed by atoms with Crippen LogP contribution in [0, 0.1) is 0 Å². The van der Waals surface area contributed by atoms with Gasteiger partial charge in [-0.3, -0.25) is 4.90 Å². The average Bonchev–Trinajstić information content (AvgIpc) is 2.48. The minimum Gasteiger partial charge on any atom is -0.368 e. The first-order chi connectivity index (χ1) is 9.74. The van der Waals surface area contributed by atoms with Crippen molar-refractivity contribution in [3.8, 4) is 0 Å². The molecule has 1 atom stereocenters. The van der Waals surface area contributed by atoms with Gasteiger partial charge in [0, 0.05) is 24.0 Å². The maximum absolute atomic E-state index is 5.93. The van der Waals surface area contributed by atoms with Crippen molar-refractivity contribution in [2.75, 3.05) is 30.8 Å². The molecule has 2 heterocycles. The average molecular weight is 293 g/mol. The maximum Gasteiger partial charge on any atom is 0.223 e. The number of hydrogen-bond donors (Lipinski definition) is 1. The molecule has 0 spiro atoms. The zero-order chi connectivity index (χ0) is 13.9. The van der Waals surface area contributed by atoms with Crippen molar-refractivity contribution >= 4 is 17.7 Å². The Bertz CT molecular complexity index is 461. The third kappa shape index (κ3) is 3.06. The Morgan fingerprint density at radius 2 is 1.85 bits per heavy atom. The topological polar surface area (TPSA) is 67.9 Å². The number of rotatable bonds is 2. The molecular formula is C14H23N5S. The van der Waals surface area contributed by atoms with E-state index in [4.69, 9.17) is 10.7 Å². The van der Waals surface area contributed by atoms with Crippen molar-refractivity contribution in [2.24, 2.45) is 0 Å². The minimum atomic E-state index is 0.279. The third-order valence-corrected chi connectivity index (χ3v) is 5.37. The van der Waals surface area contributed by atoms with Gasteiger partial charge in [0.1, 0.15) is 5.82 Å². The highest BCUT2D eigenvalue weighted by atomic mass is 32.2. The van der Waals surface area contributed by atoms with E-state index in [0.717, 1.165) is 23.9 Å². The van der Waals surface area contributed by atoms with Crippen LogP contribution in [0.25, 0.3) is 0 Å². The Labute approximate surface area is 124 Å². The molecule has 1 aromatic heterocycles. The molecule has 1 aliphatic heterocycles. The molecule has 1 saturated heterocycles. The van der Waals surface area contributed by atoms with Crippen LogP contribution >= 0.6 is 11.8 Å². The lowest BCUT2D eigenvalue weighted by Gasteiger charge is -2.31. The molecule has 2 fully saturated rings. The van der Waals surface area contributed by atoms with Gasteiger partial charge in [-0.2, -0.15) is 21.7 Å². The summed E-state index contributed by atoms with van der Waals surface area (Å²) in [6, 6.07) is 0.279. The van der Waals surface area contributed by atoms with E-state index < -0.39 is 0 Å². The predicted octanol–water partition coefficient (Wildman–Crippen LogP) is 2.22. The normalized spacial score (nSPS) is 25.8. The number of aromatic nitrogens is 3. The van der Waals surface area contributed by atoms with Gasteiger partial charge in [0.05, 0.1) is 6.04 Å². The quantitative estimate of drug-likeness (QED) is 0.902. The molecular weight excluding hydrogens is 270 g/mol. The molecule has 1 unspecified atom stereocenters. The lowest BCUT2D eigenvalue weighted by molar-refractivity contribution is 0.263. The van der Waals surface area contributed by atoms with Crippen molar-refractivity contribution in [3.63, 3.8) is 0 Å². The van der Waals surface area contributed by atoms with Gasteiger partial charge < -0.3 is 5.73 Å². The van der Waals surface area contributed by atoms with Crippen LogP contribution in [-0.4, -0.2) is 44.9 Å². The van der Waals surface area contributed by atoms with Crippen molar-refractivity contribution in [1.29, 1.82) is 0 Å². The fourth-order valence-electron chi connectivity index (χ4n) is 3.08. The van der Waals surface area contributed by atoms with Crippen LogP contribution in [0.15, 0.2) is 0 Å². The molecule has 0 radical (unpaired) electrons. The van der Waals surface area contributed by atoms with Crippen LogP contribution in [0.4, 0.5) is 5.95 Å². The molecule has 20 heavy (non-hydrogen) atoms. The largest absolute Gasteiger partial charge is 0.368 e. The first-order valence-electron chi connectivity index (χ1n) is 7.53. The fourth-order valence-corrected chi connectivity index (χ4v) is 4.29. The van der Waals surface area contributed by atoms with Gasteiger partial charge >= 0.3 is 0 Å². The van der Waals surface area contributed by atoms with E-state index in [1.165, 1.54) is 37.9 Å². The maximum atomic E-state index is 5.93. The van der Waals surface area contributed by atoms with E-state index in [0.29, 0.717) is 11.9 Å². The second kappa shape index (κ2) is 6.26. The lowest BCUT2D eigenvalue weighted by Crippen LogP contribution is -2.34. The van der Waals surface area contributed by atoms with Gasteiger partial charge in [0.25, 0.3) is 0 Å². The molecule has 0 bridgehead atoms. The summed E-state index contributed by atoms with van der Waals surface area (Å²) in [5.74, 6) is 4.89. The molecule has 0 amide bonds. The minimum absolute atomic E-state index is 0.279. The summed E-state index contributed by atoms with van der Waals surface area (Å²) in [7, 11) is 2.14. The highest BCUT2D eigenvalue weighted by molar-refractivity contribution is 7.99. The standard InChI is InChI=1S/C14H23N5S/c1-19-7-8-20-9-11(19)13-16-12(17-14(15)18-13)10-5-3-2-4-6-10/h10-11H,2-9H2,1H3,(H2,15,16,17,18). The van der Waals surface area contributed by atoms with E-state index >= 15 is 0 Å². The molecule has 6 heteroatoms. The van der Waals surface area contributed by atoms with E-state index in [-0.39, 0.29) is 6.04 Å². The van der Waals surface area contributed by atoms with Gasteiger partial charge in [0.15, 0.2) is 5.82 Å². The Kier molecular flexibility index (Phi) is 4.41. The smallest absolute Gasteiger partial charge is 0.223 e. The number of anilines is 1. The first-order valence-corrected chi connectivity index (χ1v) is 8.69. The molecule has 2 aliphatic rings. The number of nitrogen functional groups attached to an aromatic ring is 1. The zero-order valence-corrected chi connectivity index (χ0v) is 12.9. The van der Waals surface area contributed by atoms with Crippen LogP contribution in [0.3, 0.4) is 0 Å². The molecule has 1 aliphatic carbocycles. The lowest BCUT2D eigenvalue weighted by atomic mass is 9.89. The predicted molar refractivity (Wildman–Crippen MR) is 82.8 cm³/mol. The first kappa shape index (κ1) is 14.1. The van der Waals surface area contributed by atoms with Crippen LogP contribution in [0.2, 0.25) is 0 Å². The summed E-state index contributed by atoms with van der Waals surface area (Å²) in [5, 5.41) is 0. The molecule has 2 N–H and O–H groups in total. The summed E-state index contributed by atoms with van der Waals surface area (Å²) in [5.41, 5.74) is 5.93. The van der Waals surface area contributed by atoms with Crippen molar-refractivity contribution in [1.82, 2.24) is 19.9 Å². The molecule has 3 rings (SSSR count). The summed E-state index contributed by atoms with van der Waals surface area (Å²) in [4.78, 5) is 15.9. The zero-order valence-electron chi connectivity index (χ0n) is 12.1. The summed E-state index contributed by atoms with van der Waals surface area (Å²) in [6.07, 6.45) is 6.29. The molecule has 110 valence electrons. The van der Waals surface area contributed by atoms with Gasteiger partial charge in [-0.1, -0.05) is 19.3 Å². The van der Waals surface area contributed by atoms with Crippen molar-refractivity contribution < 1.29 is 0 Å². The number of thioether (sulfide) groups is 1. The summed E-state index contributed by atoms with van der Waals surface area (Å²) >= 11 is 1.97. The fraction of sp³-hybridized carbons (Fsp3) is 0.786. The Morgan fingerprint density at radius 3 is 2.60 bits per heavy atom. The van der Waals surface area contributed by atoms with Crippen LogP contribution < -0.4 is 5.73 Å². The number of nitrogens with zero attached hydrogens (tertiary/aromatic N) is 4. The third-order valence-electron chi connectivity index (χ3n) is 4.35. The van der Waals surface area contributed by atoms with Gasteiger partial charge in [-0.25, -0.2) is 4.98 Å². The van der Waals surface area contributed by atoms with E-state index in [1.807, 2.05) is 11.8 Å². The highest BCUT2D eigenvalue weighted by Gasteiger charge is 2.26. The van der Waals surface area contributed by atoms with Gasteiger partial charge in [-0.05, 0) is 19.9 Å².